The number of aromatic nitrogens is 1. The zero-order valence-corrected chi connectivity index (χ0v) is 19.4. The number of hydrogen-bond donors (Lipinski definition) is 1. The second-order valence-electron chi connectivity index (χ2n) is 7.08. The Morgan fingerprint density at radius 1 is 0.848 bits per heavy atom. The number of rotatable bonds is 8. The van der Waals surface area contributed by atoms with E-state index in [-0.39, 0.29) is 5.97 Å². The molecule has 1 heterocycles. The van der Waals surface area contributed by atoms with E-state index in [2.05, 4.69) is 5.32 Å². The zero-order valence-electron chi connectivity index (χ0n) is 18.6. The fraction of sp³-hybridized carbons (Fsp3) is 0.154. The van der Waals surface area contributed by atoms with Crippen molar-refractivity contribution in [3.05, 3.63) is 78.4 Å². The van der Waals surface area contributed by atoms with Crippen molar-refractivity contribution >= 4 is 28.1 Å². The van der Waals surface area contributed by atoms with Crippen molar-refractivity contribution in [1.29, 1.82) is 0 Å². The Hall–Kier alpha value is -3.84. The molecule has 0 fully saturated rings. The van der Waals surface area contributed by atoms with Gasteiger partial charge in [0, 0.05) is 11.3 Å². The van der Waals surface area contributed by atoms with Crippen LogP contribution in [0.15, 0.2) is 72.8 Å². The van der Waals surface area contributed by atoms with Crippen LogP contribution in [-0.2, 0) is 4.74 Å². The smallest absolute Gasteiger partial charge is 0.338 e. The molecular weight excluding hydrogens is 436 g/mol. The third-order valence-electron chi connectivity index (χ3n) is 4.99. The maximum Gasteiger partial charge on any atom is 0.338 e. The maximum absolute atomic E-state index is 11.9. The van der Waals surface area contributed by atoms with Gasteiger partial charge in [-0.25, -0.2) is 9.78 Å². The Kier molecular flexibility index (Phi) is 6.90. The number of carbonyl (C=O) groups is 1. The van der Waals surface area contributed by atoms with Gasteiger partial charge in [0.15, 0.2) is 5.13 Å². The molecule has 1 aromatic heterocycles. The summed E-state index contributed by atoms with van der Waals surface area (Å²) >= 11 is 1.56. The summed E-state index contributed by atoms with van der Waals surface area (Å²) < 4.78 is 15.6. The lowest BCUT2D eigenvalue weighted by Gasteiger charge is -2.05. The lowest BCUT2D eigenvalue weighted by molar-refractivity contribution is 0.0526. The molecule has 4 aromatic rings. The number of hydrogen-bond acceptors (Lipinski definition) is 7. The highest BCUT2D eigenvalue weighted by atomic mass is 32.1. The van der Waals surface area contributed by atoms with E-state index in [1.807, 2.05) is 60.7 Å². The van der Waals surface area contributed by atoms with Crippen LogP contribution >= 0.6 is 11.3 Å². The molecule has 0 saturated carbocycles. The molecule has 0 radical (unpaired) electrons. The number of esters is 1. The Balaban J connectivity index is 1.67. The molecule has 0 unspecified atom stereocenters. The maximum atomic E-state index is 11.9. The molecule has 0 spiro atoms. The molecule has 0 aliphatic heterocycles. The van der Waals surface area contributed by atoms with Gasteiger partial charge in [-0.15, -0.1) is 0 Å². The molecule has 33 heavy (non-hydrogen) atoms. The molecule has 7 heteroatoms. The van der Waals surface area contributed by atoms with Crippen molar-refractivity contribution in [3.63, 3.8) is 0 Å². The van der Waals surface area contributed by atoms with Gasteiger partial charge >= 0.3 is 5.97 Å². The van der Waals surface area contributed by atoms with E-state index in [1.54, 1.807) is 44.6 Å². The first-order chi connectivity index (χ1) is 16.1. The Bertz CT molecular complexity index is 1150. The van der Waals surface area contributed by atoms with Crippen LogP contribution in [0.2, 0.25) is 0 Å². The van der Waals surface area contributed by atoms with Crippen molar-refractivity contribution in [2.24, 2.45) is 0 Å². The number of benzene rings is 3. The highest BCUT2D eigenvalue weighted by molar-refractivity contribution is 7.19. The minimum atomic E-state index is -0.332. The molecule has 4 rings (SSSR count). The van der Waals surface area contributed by atoms with E-state index in [1.165, 1.54) is 0 Å². The van der Waals surface area contributed by atoms with Crippen molar-refractivity contribution in [2.45, 2.75) is 6.92 Å². The number of ether oxygens (including phenoxy) is 3. The normalized spacial score (nSPS) is 10.5. The summed E-state index contributed by atoms with van der Waals surface area (Å²) in [5.41, 5.74) is 4.26. The Labute approximate surface area is 196 Å². The molecule has 3 aromatic carbocycles. The van der Waals surface area contributed by atoms with Crippen LogP contribution in [0.1, 0.15) is 17.3 Å². The number of thiazole rings is 1. The van der Waals surface area contributed by atoms with Gasteiger partial charge in [-0.2, -0.15) is 0 Å². The SMILES string of the molecule is CCOC(=O)c1ccc(Nc2nc(-c3ccc(OC)cc3)c(-c3ccc(OC)cc3)s2)cc1. The first-order valence-corrected chi connectivity index (χ1v) is 11.3. The predicted molar refractivity (Wildman–Crippen MR) is 132 cm³/mol. The van der Waals surface area contributed by atoms with Crippen LogP contribution < -0.4 is 14.8 Å². The number of carbonyl (C=O) groups excluding carboxylic acids is 1. The molecule has 0 amide bonds. The molecule has 0 aliphatic carbocycles. The molecule has 1 N–H and O–H groups in total. The minimum absolute atomic E-state index is 0.332. The van der Waals surface area contributed by atoms with Crippen LogP contribution in [0.5, 0.6) is 11.5 Å². The van der Waals surface area contributed by atoms with E-state index in [4.69, 9.17) is 19.2 Å². The summed E-state index contributed by atoms with van der Waals surface area (Å²) in [6.45, 7) is 2.14. The quantitative estimate of drug-likeness (QED) is 0.306. The second-order valence-corrected chi connectivity index (χ2v) is 8.08. The fourth-order valence-electron chi connectivity index (χ4n) is 3.28. The molecule has 0 saturated heterocycles. The highest BCUT2D eigenvalue weighted by Crippen LogP contribution is 2.40. The van der Waals surface area contributed by atoms with Gasteiger partial charge in [-0.1, -0.05) is 11.3 Å². The fourth-order valence-corrected chi connectivity index (χ4v) is 4.30. The second kappa shape index (κ2) is 10.2. The van der Waals surface area contributed by atoms with Crippen LogP contribution in [0.4, 0.5) is 10.8 Å². The summed E-state index contributed by atoms with van der Waals surface area (Å²) in [6.07, 6.45) is 0. The van der Waals surface area contributed by atoms with Crippen LogP contribution in [0, 0.1) is 0 Å². The molecule has 0 atom stereocenters. The van der Waals surface area contributed by atoms with Crippen molar-refractivity contribution < 1.29 is 19.0 Å². The van der Waals surface area contributed by atoms with E-state index in [9.17, 15) is 4.79 Å². The number of anilines is 2. The topological polar surface area (TPSA) is 69.7 Å². The van der Waals surface area contributed by atoms with Gasteiger partial charge in [-0.05, 0) is 85.3 Å². The largest absolute Gasteiger partial charge is 0.497 e. The van der Waals surface area contributed by atoms with Crippen LogP contribution in [-0.4, -0.2) is 31.8 Å². The Morgan fingerprint density at radius 3 is 1.97 bits per heavy atom. The number of nitrogens with zero attached hydrogens (tertiary/aromatic N) is 1. The zero-order chi connectivity index (χ0) is 23.2. The van der Waals surface area contributed by atoms with Gasteiger partial charge in [0.1, 0.15) is 11.5 Å². The third kappa shape index (κ3) is 5.15. The summed E-state index contributed by atoms with van der Waals surface area (Å²) in [5.74, 6) is 1.26. The van der Waals surface area contributed by atoms with Crippen LogP contribution in [0.3, 0.4) is 0 Å². The van der Waals surface area contributed by atoms with Crippen LogP contribution in [0.25, 0.3) is 21.7 Å². The molecular formula is C26H24N2O4S. The van der Waals surface area contributed by atoms with Crippen molar-refractivity contribution in [2.75, 3.05) is 26.1 Å². The van der Waals surface area contributed by atoms with Gasteiger partial charge in [0.05, 0.1) is 37.0 Å². The third-order valence-corrected chi connectivity index (χ3v) is 6.01. The summed E-state index contributed by atoms with van der Waals surface area (Å²) in [7, 11) is 3.30. The summed E-state index contributed by atoms with van der Waals surface area (Å²) in [4.78, 5) is 17.8. The minimum Gasteiger partial charge on any atom is -0.497 e. The molecule has 6 nitrogen and oxygen atoms in total. The van der Waals surface area contributed by atoms with Crippen molar-refractivity contribution in [1.82, 2.24) is 4.98 Å². The standard InChI is InChI=1S/C26H24N2O4S/c1-4-32-25(29)19-5-11-20(12-6-19)27-26-28-23(17-7-13-21(30-2)14-8-17)24(33-26)18-9-15-22(31-3)16-10-18/h5-16H,4H2,1-3H3,(H,27,28). The average molecular weight is 461 g/mol. The summed E-state index contributed by atoms with van der Waals surface area (Å²) in [6, 6.07) is 22.9. The lowest BCUT2D eigenvalue weighted by atomic mass is 10.1. The first kappa shape index (κ1) is 22.4. The highest BCUT2D eigenvalue weighted by Gasteiger charge is 2.16. The van der Waals surface area contributed by atoms with Gasteiger partial charge in [0.25, 0.3) is 0 Å². The van der Waals surface area contributed by atoms with Crippen molar-refractivity contribution in [3.8, 4) is 33.2 Å². The lowest BCUT2D eigenvalue weighted by Crippen LogP contribution is -2.04. The number of nitrogens with one attached hydrogen (secondary N) is 1. The molecule has 168 valence electrons. The summed E-state index contributed by atoms with van der Waals surface area (Å²) in [5, 5.41) is 4.10. The molecule has 0 bridgehead atoms. The first-order valence-electron chi connectivity index (χ1n) is 10.4. The van der Waals surface area contributed by atoms with Gasteiger partial charge < -0.3 is 19.5 Å². The monoisotopic (exact) mass is 460 g/mol. The Morgan fingerprint density at radius 2 is 1.42 bits per heavy atom. The van der Waals surface area contributed by atoms with Gasteiger partial charge in [0.2, 0.25) is 0 Å². The van der Waals surface area contributed by atoms with Gasteiger partial charge in [-0.3, -0.25) is 0 Å². The van der Waals surface area contributed by atoms with E-state index >= 15 is 0 Å². The van der Waals surface area contributed by atoms with E-state index in [0.29, 0.717) is 12.2 Å². The number of methoxy groups -OCH3 is 2. The van der Waals surface area contributed by atoms with E-state index in [0.717, 1.165) is 44.0 Å². The molecule has 0 aliphatic rings. The average Bonchev–Trinajstić information content (AvgIpc) is 3.28. The van der Waals surface area contributed by atoms with E-state index < -0.39 is 0 Å². The predicted octanol–water partition coefficient (Wildman–Crippen LogP) is 6.41.